The average molecular weight is 442 g/mol. The first-order chi connectivity index (χ1) is 14.9. The summed E-state index contributed by atoms with van der Waals surface area (Å²) >= 11 is 1.39. The number of anilines is 3. The lowest BCUT2D eigenvalue weighted by atomic mass is 10.1. The number of aromatic carboxylic acids is 1. The third kappa shape index (κ3) is 5.52. The number of carboxylic acids is 1. The third-order valence-electron chi connectivity index (χ3n) is 4.54. The minimum atomic E-state index is -1.19. The number of nitrogens with zero attached hydrogens (tertiary/aromatic N) is 1. The van der Waals surface area contributed by atoms with Crippen LogP contribution in [0.1, 0.15) is 28.5 Å². The summed E-state index contributed by atoms with van der Waals surface area (Å²) in [5.74, 6) is -0.999. The van der Waals surface area contributed by atoms with Crippen LogP contribution in [0.3, 0.4) is 0 Å². The Morgan fingerprint density at radius 3 is 2.39 bits per heavy atom. The lowest BCUT2D eigenvalue weighted by molar-refractivity contribution is -0.115. The van der Waals surface area contributed by atoms with Crippen LogP contribution in [0.25, 0.3) is 0 Å². The standard InChI is InChI=1S/C22H23N3O5S/c1-4-13-5-7-14(8-6-13)23-22-24-15(12-31-22)9-20(26)25-17-11-19(30-3)18(29-2)10-16(17)21(27)28/h5-8,10-12H,4,9H2,1-3H3,(H,23,24)(H,25,26)(H,27,28). The zero-order chi connectivity index (χ0) is 22.4. The summed E-state index contributed by atoms with van der Waals surface area (Å²) < 4.78 is 10.3. The minimum Gasteiger partial charge on any atom is -0.493 e. The highest BCUT2D eigenvalue weighted by atomic mass is 32.1. The first kappa shape index (κ1) is 22.1. The normalized spacial score (nSPS) is 10.4. The molecule has 0 saturated heterocycles. The molecule has 1 heterocycles. The molecule has 3 N–H and O–H groups in total. The molecule has 162 valence electrons. The second-order valence-electron chi connectivity index (χ2n) is 6.60. The summed E-state index contributed by atoms with van der Waals surface area (Å²) in [5.41, 5.74) is 2.77. The number of methoxy groups -OCH3 is 2. The molecule has 3 rings (SSSR count). The molecule has 0 saturated carbocycles. The number of carboxylic acid groups (broad SMARTS) is 1. The van der Waals surface area contributed by atoms with Crippen LogP contribution >= 0.6 is 11.3 Å². The number of hydrogen-bond donors (Lipinski definition) is 3. The number of thiazole rings is 1. The van der Waals surface area contributed by atoms with Gasteiger partial charge in [0, 0.05) is 23.2 Å². The van der Waals surface area contributed by atoms with Crippen LogP contribution in [0.4, 0.5) is 16.5 Å². The van der Waals surface area contributed by atoms with E-state index in [-0.39, 0.29) is 29.3 Å². The van der Waals surface area contributed by atoms with Crippen molar-refractivity contribution >= 4 is 39.7 Å². The number of ether oxygens (including phenoxy) is 2. The first-order valence-electron chi connectivity index (χ1n) is 9.53. The number of aryl methyl sites for hydroxylation is 1. The largest absolute Gasteiger partial charge is 0.493 e. The van der Waals surface area contributed by atoms with Crippen LogP contribution in [-0.2, 0) is 17.6 Å². The minimum absolute atomic E-state index is 0.000353. The maximum absolute atomic E-state index is 12.5. The number of amides is 1. The van der Waals surface area contributed by atoms with Crippen molar-refractivity contribution in [2.75, 3.05) is 24.9 Å². The van der Waals surface area contributed by atoms with Crippen molar-refractivity contribution in [2.45, 2.75) is 19.8 Å². The molecule has 3 aromatic rings. The predicted molar refractivity (Wildman–Crippen MR) is 120 cm³/mol. The van der Waals surface area contributed by atoms with Crippen molar-refractivity contribution in [3.05, 3.63) is 58.6 Å². The van der Waals surface area contributed by atoms with Gasteiger partial charge in [-0.15, -0.1) is 11.3 Å². The fraction of sp³-hybridized carbons (Fsp3) is 0.227. The number of nitrogens with one attached hydrogen (secondary N) is 2. The fourth-order valence-corrected chi connectivity index (χ4v) is 3.64. The van der Waals surface area contributed by atoms with E-state index in [1.165, 1.54) is 43.3 Å². The summed E-state index contributed by atoms with van der Waals surface area (Å²) in [4.78, 5) is 28.5. The number of benzene rings is 2. The molecule has 0 aliphatic rings. The zero-order valence-corrected chi connectivity index (χ0v) is 18.2. The van der Waals surface area contributed by atoms with Gasteiger partial charge in [0.25, 0.3) is 0 Å². The predicted octanol–water partition coefficient (Wildman–Crippen LogP) is 4.35. The molecule has 0 fully saturated rings. The van der Waals surface area contributed by atoms with Gasteiger partial charge in [-0.2, -0.15) is 0 Å². The Hall–Kier alpha value is -3.59. The first-order valence-corrected chi connectivity index (χ1v) is 10.4. The lowest BCUT2D eigenvalue weighted by Gasteiger charge is -2.13. The van der Waals surface area contributed by atoms with Gasteiger partial charge in [0.1, 0.15) is 0 Å². The average Bonchev–Trinajstić information content (AvgIpc) is 3.20. The van der Waals surface area contributed by atoms with E-state index >= 15 is 0 Å². The Balaban J connectivity index is 1.69. The number of aromatic nitrogens is 1. The van der Waals surface area contributed by atoms with Crippen LogP contribution in [-0.4, -0.2) is 36.2 Å². The molecular formula is C22H23N3O5S. The molecule has 0 aliphatic heterocycles. The Labute approximate surface area is 183 Å². The maximum Gasteiger partial charge on any atom is 0.337 e. The van der Waals surface area contributed by atoms with Crippen molar-refractivity contribution in [3.8, 4) is 11.5 Å². The molecule has 0 radical (unpaired) electrons. The van der Waals surface area contributed by atoms with Gasteiger partial charge in [0.05, 0.1) is 37.6 Å². The van der Waals surface area contributed by atoms with E-state index in [1.54, 1.807) is 5.38 Å². The molecule has 0 aliphatic carbocycles. The SMILES string of the molecule is CCc1ccc(Nc2nc(CC(=O)Nc3cc(OC)c(OC)cc3C(=O)O)cs2)cc1. The number of hydrogen-bond acceptors (Lipinski definition) is 7. The Kier molecular flexibility index (Phi) is 7.09. The molecule has 2 aromatic carbocycles. The molecule has 0 unspecified atom stereocenters. The molecule has 9 heteroatoms. The number of carbonyl (C=O) groups excluding carboxylic acids is 1. The molecular weight excluding hydrogens is 418 g/mol. The van der Waals surface area contributed by atoms with E-state index < -0.39 is 5.97 Å². The zero-order valence-electron chi connectivity index (χ0n) is 17.4. The highest BCUT2D eigenvalue weighted by molar-refractivity contribution is 7.13. The van der Waals surface area contributed by atoms with Crippen molar-refractivity contribution in [1.82, 2.24) is 4.98 Å². The van der Waals surface area contributed by atoms with Gasteiger partial charge < -0.3 is 25.2 Å². The Morgan fingerprint density at radius 1 is 1.10 bits per heavy atom. The lowest BCUT2D eigenvalue weighted by Crippen LogP contribution is -2.17. The highest BCUT2D eigenvalue weighted by Crippen LogP contribution is 2.33. The summed E-state index contributed by atoms with van der Waals surface area (Å²) in [6, 6.07) is 10.8. The maximum atomic E-state index is 12.5. The van der Waals surface area contributed by atoms with E-state index in [0.717, 1.165) is 12.1 Å². The Morgan fingerprint density at radius 2 is 1.77 bits per heavy atom. The molecule has 0 bridgehead atoms. The molecule has 31 heavy (non-hydrogen) atoms. The van der Waals surface area contributed by atoms with Crippen molar-refractivity contribution in [1.29, 1.82) is 0 Å². The molecule has 0 atom stereocenters. The monoisotopic (exact) mass is 441 g/mol. The fourth-order valence-electron chi connectivity index (χ4n) is 2.91. The van der Waals surface area contributed by atoms with Gasteiger partial charge >= 0.3 is 5.97 Å². The quantitative estimate of drug-likeness (QED) is 0.453. The molecule has 8 nitrogen and oxygen atoms in total. The van der Waals surface area contributed by atoms with E-state index in [0.29, 0.717) is 16.6 Å². The van der Waals surface area contributed by atoms with Gasteiger partial charge in [0.2, 0.25) is 5.91 Å². The van der Waals surface area contributed by atoms with Crippen LogP contribution in [0.5, 0.6) is 11.5 Å². The van der Waals surface area contributed by atoms with E-state index in [4.69, 9.17) is 9.47 Å². The second kappa shape index (κ2) is 9.94. The van der Waals surface area contributed by atoms with E-state index in [2.05, 4.69) is 22.5 Å². The smallest absolute Gasteiger partial charge is 0.337 e. The van der Waals surface area contributed by atoms with Crippen LogP contribution in [0.15, 0.2) is 41.8 Å². The van der Waals surface area contributed by atoms with Crippen LogP contribution < -0.4 is 20.1 Å². The topological polar surface area (TPSA) is 110 Å². The molecule has 1 amide bonds. The second-order valence-corrected chi connectivity index (χ2v) is 7.46. The number of rotatable bonds is 9. The highest BCUT2D eigenvalue weighted by Gasteiger charge is 2.18. The van der Waals surface area contributed by atoms with Gasteiger partial charge in [-0.05, 0) is 24.1 Å². The van der Waals surface area contributed by atoms with Crippen molar-refractivity contribution < 1.29 is 24.2 Å². The summed E-state index contributed by atoms with van der Waals surface area (Å²) in [5, 5.41) is 17.8. The summed E-state index contributed by atoms with van der Waals surface area (Å²) in [6.45, 7) is 2.10. The van der Waals surface area contributed by atoms with Gasteiger partial charge in [-0.3, -0.25) is 4.79 Å². The van der Waals surface area contributed by atoms with Crippen molar-refractivity contribution in [3.63, 3.8) is 0 Å². The third-order valence-corrected chi connectivity index (χ3v) is 5.34. The van der Waals surface area contributed by atoms with Gasteiger partial charge in [-0.25, -0.2) is 9.78 Å². The van der Waals surface area contributed by atoms with Gasteiger partial charge in [-0.1, -0.05) is 19.1 Å². The summed E-state index contributed by atoms with van der Waals surface area (Å²) in [6.07, 6.45) is 0.973. The number of carbonyl (C=O) groups is 2. The van der Waals surface area contributed by atoms with Crippen LogP contribution in [0, 0.1) is 0 Å². The van der Waals surface area contributed by atoms with E-state index in [9.17, 15) is 14.7 Å². The summed E-state index contributed by atoms with van der Waals surface area (Å²) in [7, 11) is 2.84. The van der Waals surface area contributed by atoms with Crippen molar-refractivity contribution in [2.24, 2.45) is 0 Å². The Bertz CT molecular complexity index is 1080. The molecule has 0 spiro atoms. The molecule has 1 aromatic heterocycles. The van der Waals surface area contributed by atoms with Gasteiger partial charge in [0.15, 0.2) is 16.6 Å². The van der Waals surface area contributed by atoms with Crippen LogP contribution in [0.2, 0.25) is 0 Å². The van der Waals surface area contributed by atoms with E-state index in [1.807, 2.05) is 24.3 Å².